The lowest BCUT2D eigenvalue weighted by atomic mass is 9.91. The predicted octanol–water partition coefficient (Wildman–Crippen LogP) is 13.7. The maximum Gasteiger partial charge on any atom is 0.0468 e. The maximum absolute atomic E-state index is 5.97. The van der Waals surface area contributed by atoms with Crippen LogP contribution in [0.3, 0.4) is 0 Å². The Morgan fingerprint density at radius 3 is 1.05 bits per heavy atom. The molecule has 0 N–H and O–H groups in total. The quantitative estimate of drug-likeness (QED) is 0.0757. The summed E-state index contributed by atoms with van der Waals surface area (Å²) in [6.07, 6.45) is 37.0. The van der Waals surface area contributed by atoms with E-state index in [1.807, 2.05) is 0 Å². The molecule has 0 amide bonds. The lowest BCUT2D eigenvalue weighted by Gasteiger charge is -2.16. The summed E-state index contributed by atoms with van der Waals surface area (Å²) in [4.78, 5) is 0. The lowest BCUT2D eigenvalue weighted by Crippen LogP contribution is -2.04. The van der Waals surface area contributed by atoms with Crippen molar-refractivity contribution in [1.82, 2.24) is 0 Å². The first kappa shape index (κ1) is 39.0. The smallest absolute Gasteiger partial charge is 0.0468 e. The molecule has 0 rings (SSSR count). The summed E-state index contributed by atoms with van der Waals surface area (Å²) in [6, 6.07) is 0. The van der Waals surface area contributed by atoms with Gasteiger partial charge in [0.2, 0.25) is 0 Å². The lowest BCUT2D eigenvalue weighted by molar-refractivity contribution is 0.116. The van der Waals surface area contributed by atoms with Crippen molar-refractivity contribution in [3.63, 3.8) is 0 Å². The zero-order valence-electron chi connectivity index (χ0n) is 28.5. The van der Waals surface area contributed by atoms with E-state index < -0.39 is 0 Å². The van der Waals surface area contributed by atoms with Crippen molar-refractivity contribution in [2.24, 2.45) is 23.7 Å². The number of hydrogen-bond acceptors (Lipinski definition) is 1. The molecule has 0 saturated heterocycles. The summed E-state index contributed by atoms with van der Waals surface area (Å²) in [6.45, 7) is 16.3. The van der Waals surface area contributed by atoms with Crippen LogP contribution in [0.15, 0.2) is 0 Å². The van der Waals surface area contributed by atoms with Gasteiger partial charge in [-0.25, -0.2) is 0 Å². The Balaban J connectivity index is 3.30. The third kappa shape index (κ3) is 32.3. The highest BCUT2D eigenvalue weighted by Gasteiger charge is 2.08. The standard InChI is InChI=1S/C38H78O/c1-7-8-9-10-11-12-13-14-15-16-17-18-19-20-21-22-33-39-34-32-38(6)31-25-30-37(5)29-24-28-36(4)27-23-26-35(2)3/h35-38H,7-34H2,1-6H3. The molecule has 1 nitrogen and oxygen atoms in total. The van der Waals surface area contributed by atoms with Crippen molar-refractivity contribution in [3.05, 3.63) is 0 Å². The highest BCUT2D eigenvalue weighted by molar-refractivity contribution is 4.61. The van der Waals surface area contributed by atoms with Crippen molar-refractivity contribution in [3.8, 4) is 0 Å². The fraction of sp³-hybridized carbons (Fsp3) is 1.00. The summed E-state index contributed by atoms with van der Waals surface area (Å²) in [7, 11) is 0. The summed E-state index contributed by atoms with van der Waals surface area (Å²) >= 11 is 0. The molecule has 0 heterocycles. The topological polar surface area (TPSA) is 9.23 Å². The average molecular weight is 551 g/mol. The summed E-state index contributed by atoms with van der Waals surface area (Å²) in [5, 5.41) is 0. The fourth-order valence-corrected chi connectivity index (χ4v) is 6.08. The summed E-state index contributed by atoms with van der Waals surface area (Å²) in [5.41, 5.74) is 0. The first-order chi connectivity index (χ1) is 19.0. The SMILES string of the molecule is CCCCCCCCCCCCCCCCCCOCCC(C)CCCC(C)CCCC(C)CCCC(C)C. The normalized spacial score (nSPS) is 14.2. The van der Waals surface area contributed by atoms with Crippen LogP contribution >= 0.6 is 0 Å². The Bertz CT molecular complexity index is 444. The zero-order valence-corrected chi connectivity index (χ0v) is 28.5. The van der Waals surface area contributed by atoms with Crippen LogP contribution in [0.1, 0.15) is 208 Å². The zero-order chi connectivity index (χ0) is 28.8. The molecular weight excluding hydrogens is 472 g/mol. The molecule has 0 spiro atoms. The second-order valence-corrected chi connectivity index (χ2v) is 14.2. The maximum atomic E-state index is 5.97. The van der Waals surface area contributed by atoms with E-state index in [2.05, 4.69) is 41.5 Å². The molecule has 0 aromatic rings. The van der Waals surface area contributed by atoms with Crippen LogP contribution in [0.5, 0.6) is 0 Å². The van der Waals surface area contributed by atoms with Crippen molar-refractivity contribution < 1.29 is 4.74 Å². The van der Waals surface area contributed by atoms with E-state index in [1.54, 1.807) is 0 Å². The molecule has 0 fully saturated rings. The Morgan fingerprint density at radius 1 is 0.333 bits per heavy atom. The van der Waals surface area contributed by atoms with E-state index in [0.717, 1.165) is 36.9 Å². The van der Waals surface area contributed by atoms with Crippen LogP contribution in [0, 0.1) is 23.7 Å². The van der Waals surface area contributed by atoms with E-state index in [1.165, 1.54) is 167 Å². The van der Waals surface area contributed by atoms with E-state index in [4.69, 9.17) is 4.74 Å². The van der Waals surface area contributed by atoms with Crippen molar-refractivity contribution in [1.29, 1.82) is 0 Å². The van der Waals surface area contributed by atoms with Gasteiger partial charge in [0.1, 0.15) is 0 Å². The van der Waals surface area contributed by atoms with Gasteiger partial charge >= 0.3 is 0 Å². The molecule has 0 aliphatic rings. The van der Waals surface area contributed by atoms with Crippen LogP contribution in [0.4, 0.5) is 0 Å². The molecule has 0 aromatic heterocycles. The van der Waals surface area contributed by atoms with Gasteiger partial charge in [0.05, 0.1) is 0 Å². The van der Waals surface area contributed by atoms with Gasteiger partial charge in [-0.15, -0.1) is 0 Å². The molecule has 0 aromatic carbocycles. The van der Waals surface area contributed by atoms with Crippen LogP contribution in [0.2, 0.25) is 0 Å². The second kappa shape index (κ2) is 30.9. The van der Waals surface area contributed by atoms with Gasteiger partial charge in [-0.3, -0.25) is 0 Å². The third-order valence-electron chi connectivity index (χ3n) is 9.16. The van der Waals surface area contributed by atoms with Crippen LogP contribution < -0.4 is 0 Å². The minimum absolute atomic E-state index is 0.823. The van der Waals surface area contributed by atoms with Gasteiger partial charge in [0.25, 0.3) is 0 Å². The first-order valence-corrected chi connectivity index (χ1v) is 18.5. The molecule has 3 unspecified atom stereocenters. The molecule has 0 saturated carbocycles. The monoisotopic (exact) mass is 551 g/mol. The van der Waals surface area contributed by atoms with Gasteiger partial charge in [-0.2, -0.15) is 0 Å². The Hall–Kier alpha value is -0.0400. The molecule has 0 aliphatic heterocycles. The first-order valence-electron chi connectivity index (χ1n) is 18.5. The summed E-state index contributed by atoms with van der Waals surface area (Å²) < 4.78 is 5.97. The van der Waals surface area contributed by atoms with Gasteiger partial charge in [-0.1, -0.05) is 196 Å². The third-order valence-corrected chi connectivity index (χ3v) is 9.16. The molecule has 1 heteroatoms. The average Bonchev–Trinajstić information content (AvgIpc) is 2.89. The Kier molecular flexibility index (Phi) is 30.9. The molecule has 0 aliphatic carbocycles. The number of unbranched alkanes of at least 4 members (excludes halogenated alkanes) is 15. The van der Waals surface area contributed by atoms with Gasteiger partial charge in [0.15, 0.2) is 0 Å². The largest absolute Gasteiger partial charge is 0.381 e. The molecular formula is C38H78O. The van der Waals surface area contributed by atoms with Gasteiger partial charge in [-0.05, 0) is 36.5 Å². The number of hydrogen-bond donors (Lipinski definition) is 0. The van der Waals surface area contributed by atoms with Crippen molar-refractivity contribution in [2.75, 3.05) is 13.2 Å². The van der Waals surface area contributed by atoms with Crippen LogP contribution in [-0.4, -0.2) is 13.2 Å². The highest BCUT2D eigenvalue weighted by atomic mass is 16.5. The number of rotatable bonds is 32. The van der Waals surface area contributed by atoms with Crippen LogP contribution in [-0.2, 0) is 4.74 Å². The van der Waals surface area contributed by atoms with E-state index in [-0.39, 0.29) is 0 Å². The molecule has 39 heavy (non-hydrogen) atoms. The molecule has 0 bridgehead atoms. The summed E-state index contributed by atoms with van der Waals surface area (Å²) in [5.74, 6) is 3.53. The number of ether oxygens (including phenoxy) is 1. The predicted molar refractivity (Wildman–Crippen MR) is 179 cm³/mol. The van der Waals surface area contributed by atoms with Gasteiger partial charge in [0, 0.05) is 13.2 Å². The van der Waals surface area contributed by atoms with Crippen molar-refractivity contribution in [2.45, 2.75) is 208 Å². The second-order valence-electron chi connectivity index (χ2n) is 14.2. The van der Waals surface area contributed by atoms with Crippen LogP contribution in [0.25, 0.3) is 0 Å². The van der Waals surface area contributed by atoms with Crippen molar-refractivity contribution >= 4 is 0 Å². The Labute approximate surface area is 249 Å². The van der Waals surface area contributed by atoms with Gasteiger partial charge < -0.3 is 4.74 Å². The minimum atomic E-state index is 0.823. The minimum Gasteiger partial charge on any atom is -0.381 e. The fourth-order valence-electron chi connectivity index (χ4n) is 6.08. The molecule has 3 atom stereocenters. The van der Waals surface area contributed by atoms with E-state index in [9.17, 15) is 0 Å². The highest BCUT2D eigenvalue weighted by Crippen LogP contribution is 2.23. The molecule has 236 valence electrons. The van der Waals surface area contributed by atoms with E-state index in [0.29, 0.717) is 0 Å². The molecule has 0 radical (unpaired) electrons. The van der Waals surface area contributed by atoms with E-state index >= 15 is 0 Å². The Morgan fingerprint density at radius 2 is 0.667 bits per heavy atom.